The van der Waals surface area contributed by atoms with E-state index in [-0.39, 0.29) is 29.3 Å². The van der Waals surface area contributed by atoms with Crippen LogP contribution in [0.2, 0.25) is 0 Å². The molecule has 0 saturated heterocycles. The fourth-order valence-corrected chi connectivity index (χ4v) is 2.86. The fraction of sp³-hybridized carbons (Fsp3) is 0.294. The van der Waals surface area contributed by atoms with Gasteiger partial charge in [-0.2, -0.15) is 8.78 Å². The van der Waals surface area contributed by atoms with E-state index >= 15 is 0 Å². The van der Waals surface area contributed by atoms with Gasteiger partial charge in [-0.3, -0.25) is 0 Å². The van der Waals surface area contributed by atoms with Crippen LogP contribution in [0.1, 0.15) is 11.6 Å². The lowest BCUT2D eigenvalue weighted by Crippen LogP contribution is -2.21. The summed E-state index contributed by atoms with van der Waals surface area (Å²) in [7, 11) is 1.75. The Kier molecular flexibility index (Phi) is 6.26. The first-order valence-corrected chi connectivity index (χ1v) is 8.02. The molecule has 0 spiro atoms. The summed E-state index contributed by atoms with van der Waals surface area (Å²) in [6.45, 7) is -0.0277. The summed E-state index contributed by atoms with van der Waals surface area (Å²) in [6.07, 6.45) is -3.71. The van der Waals surface area contributed by atoms with Crippen LogP contribution < -0.4 is 5.32 Å². The molecule has 2 rings (SSSR count). The number of nitrogens with one attached hydrogen (secondary N) is 1. The van der Waals surface area contributed by atoms with E-state index in [0.717, 1.165) is 16.7 Å². The lowest BCUT2D eigenvalue weighted by molar-refractivity contribution is -0.0563. The van der Waals surface area contributed by atoms with Crippen LogP contribution >= 0.6 is 11.8 Å². The van der Waals surface area contributed by atoms with E-state index in [0.29, 0.717) is 0 Å². The van der Waals surface area contributed by atoms with E-state index in [4.69, 9.17) is 0 Å². The predicted molar refractivity (Wildman–Crippen MR) is 87.6 cm³/mol. The van der Waals surface area contributed by atoms with Gasteiger partial charge in [0.2, 0.25) is 0 Å². The molecule has 0 aliphatic rings. The molecule has 0 aliphatic carbocycles. The van der Waals surface area contributed by atoms with Gasteiger partial charge in [0.1, 0.15) is 0 Å². The van der Waals surface area contributed by atoms with Crippen molar-refractivity contribution in [1.29, 1.82) is 0 Å². The normalized spacial score (nSPS) is 13.3. The van der Waals surface area contributed by atoms with Crippen LogP contribution in [-0.4, -0.2) is 30.4 Å². The van der Waals surface area contributed by atoms with Crippen molar-refractivity contribution in [2.45, 2.75) is 22.6 Å². The van der Waals surface area contributed by atoms with Gasteiger partial charge in [-0.1, -0.05) is 36.4 Å². The monoisotopic (exact) mass is 359 g/mol. The molecular weight excluding hydrogens is 342 g/mol. The number of thioether (sulfide) groups is 1. The molecule has 0 saturated carbocycles. The van der Waals surface area contributed by atoms with E-state index in [2.05, 4.69) is 5.32 Å². The van der Waals surface area contributed by atoms with Gasteiger partial charge in [-0.25, -0.2) is 8.78 Å². The van der Waals surface area contributed by atoms with Crippen molar-refractivity contribution in [2.24, 2.45) is 0 Å². The summed E-state index contributed by atoms with van der Waals surface area (Å²) in [5.41, 5.74) is 2.58. The van der Waals surface area contributed by atoms with Crippen molar-refractivity contribution in [3.63, 3.8) is 0 Å². The van der Waals surface area contributed by atoms with Gasteiger partial charge in [0.05, 0.1) is 12.6 Å². The van der Waals surface area contributed by atoms with Crippen LogP contribution in [0.4, 0.5) is 17.6 Å². The first kappa shape index (κ1) is 18.8. The van der Waals surface area contributed by atoms with Crippen molar-refractivity contribution in [1.82, 2.24) is 5.32 Å². The standard InChI is InChI=1S/C17H17F4NOS/c1-22-15(10-23)13-4-2-11(3-5-13)12-6-8-14(9-7-12)24-17(20,21)16(18)19/h2-9,15-16,22-23H,10H2,1H3. The average Bonchev–Trinajstić information content (AvgIpc) is 2.57. The van der Waals surface area contributed by atoms with Gasteiger partial charge < -0.3 is 10.4 Å². The second kappa shape index (κ2) is 8.00. The fourth-order valence-electron chi connectivity index (χ4n) is 2.19. The molecular formula is C17H17F4NOS. The van der Waals surface area contributed by atoms with E-state index < -0.39 is 11.7 Å². The van der Waals surface area contributed by atoms with Crippen molar-refractivity contribution in [3.8, 4) is 11.1 Å². The van der Waals surface area contributed by atoms with E-state index in [1.54, 1.807) is 19.2 Å². The number of hydrogen-bond donors (Lipinski definition) is 2. The van der Waals surface area contributed by atoms with E-state index in [9.17, 15) is 22.7 Å². The third-order valence-corrected chi connectivity index (χ3v) is 4.50. The highest BCUT2D eigenvalue weighted by molar-refractivity contribution is 8.00. The Morgan fingerprint density at radius 1 is 1.00 bits per heavy atom. The smallest absolute Gasteiger partial charge is 0.357 e. The molecule has 0 radical (unpaired) electrons. The van der Waals surface area contributed by atoms with E-state index in [1.807, 2.05) is 24.3 Å². The molecule has 2 aromatic carbocycles. The molecule has 0 fully saturated rings. The number of aliphatic hydroxyl groups is 1. The zero-order chi connectivity index (χ0) is 17.7. The molecule has 130 valence electrons. The molecule has 1 atom stereocenters. The number of aliphatic hydroxyl groups excluding tert-OH is 1. The quantitative estimate of drug-likeness (QED) is 0.562. The summed E-state index contributed by atoms with van der Waals surface area (Å²) in [5.74, 6) is 0. The average molecular weight is 359 g/mol. The minimum atomic E-state index is -4.10. The lowest BCUT2D eigenvalue weighted by Gasteiger charge is -2.15. The Labute approximate surface area is 141 Å². The molecule has 0 aliphatic heterocycles. The van der Waals surface area contributed by atoms with Gasteiger partial charge in [0.25, 0.3) is 0 Å². The minimum absolute atomic E-state index is 0.0277. The highest BCUT2D eigenvalue weighted by Gasteiger charge is 2.41. The van der Waals surface area contributed by atoms with Crippen molar-refractivity contribution in [2.75, 3.05) is 13.7 Å². The summed E-state index contributed by atoms with van der Waals surface area (Å²) in [5, 5.41) is 8.13. The topological polar surface area (TPSA) is 32.3 Å². The highest BCUT2D eigenvalue weighted by Crippen LogP contribution is 2.40. The van der Waals surface area contributed by atoms with Crippen molar-refractivity contribution >= 4 is 11.8 Å². The SMILES string of the molecule is CNC(CO)c1ccc(-c2ccc(SC(F)(F)C(F)F)cc2)cc1. The van der Waals surface area contributed by atoms with Crippen LogP contribution in [0.25, 0.3) is 11.1 Å². The summed E-state index contributed by atoms with van der Waals surface area (Å²) in [6, 6.07) is 13.3. The molecule has 24 heavy (non-hydrogen) atoms. The summed E-state index contributed by atoms with van der Waals surface area (Å²) >= 11 is -0.149. The maximum absolute atomic E-state index is 13.0. The Hall–Kier alpha value is -1.57. The van der Waals surface area contributed by atoms with Gasteiger partial charge >= 0.3 is 11.7 Å². The number of hydrogen-bond acceptors (Lipinski definition) is 3. The Morgan fingerprint density at radius 3 is 1.92 bits per heavy atom. The first-order chi connectivity index (χ1) is 11.4. The number of halogens is 4. The maximum Gasteiger partial charge on any atom is 0.357 e. The summed E-state index contributed by atoms with van der Waals surface area (Å²) < 4.78 is 50.5. The molecule has 7 heteroatoms. The Bertz CT molecular complexity index is 643. The Morgan fingerprint density at radius 2 is 1.50 bits per heavy atom. The van der Waals surface area contributed by atoms with Crippen LogP contribution in [0.15, 0.2) is 53.4 Å². The van der Waals surface area contributed by atoms with Crippen molar-refractivity contribution in [3.05, 3.63) is 54.1 Å². The van der Waals surface area contributed by atoms with Crippen LogP contribution in [-0.2, 0) is 0 Å². The van der Waals surface area contributed by atoms with Crippen molar-refractivity contribution < 1.29 is 22.7 Å². The molecule has 0 heterocycles. The zero-order valence-electron chi connectivity index (χ0n) is 12.8. The van der Waals surface area contributed by atoms with Gasteiger partial charge in [-0.15, -0.1) is 0 Å². The molecule has 0 bridgehead atoms. The van der Waals surface area contributed by atoms with Crippen LogP contribution in [0, 0.1) is 0 Å². The largest absolute Gasteiger partial charge is 0.394 e. The lowest BCUT2D eigenvalue weighted by atomic mass is 10.0. The zero-order valence-corrected chi connectivity index (χ0v) is 13.7. The third-order valence-electron chi connectivity index (χ3n) is 3.54. The van der Waals surface area contributed by atoms with Crippen LogP contribution in [0.5, 0.6) is 0 Å². The summed E-state index contributed by atoms with van der Waals surface area (Å²) in [4.78, 5) is 0.0798. The number of rotatable bonds is 7. The number of alkyl halides is 4. The molecule has 2 N–H and O–H groups in total. The second-order valence-electron chi connectivity index (χ2n) is 5.13. The maximum atomic E-state index is 13.0. The van der Waals surface area contributed by atoms with E-state index in [1.165, 1.54) is 12.1 Å². The third kappa shape index (κ3) is 4.49. The van der Waals surface area contributed by atoms with Crippen LogP contribution in [0.3, 0.4) is 0 Å². The van der Waals surface area contributed by atoms with Gasteiger partial charge in [-0.05, 0) is 47.6 Å². The first-order valence-electron chi connectivity index (χ1n) is 7.21. The molecule has 0 aromatic heterocycles. The molecule has 2 aromatic rings. The predicted octanol–water partition coefficient (Wildman–Crippen LogP) is 4.56. The highest BCUT2D eigenvalue weighted by atomic mass is 32.2. The minimum Gasteiger partial charge on any atom is -0.394 e. The second-order valence-corrected chi connectivity index (χ2v) is 6.35. The number of benzene rings is 2. The number of likely N-dealkylation sites (N-methyl/N-ethyl adjacent to an activating group) is 1. The molecule has 1 unspecified atom stereocenters. The van der Waals surface area contributed by atoms with Gasteiger partial charge in [0, 0.05) is 4.90 Å². The van der Waals surface area contributed by atoms with Gasteiger partial charge in [0.15, 0.2) is 0 Å². The molecule has 0 amide bonds. The molecule has 2 nitrogen and oxygen atoms in total. The Balaban J connectivity index is 2.13.